The lowest BCUT2D eigenvalue weighted by Crippen LogP contribution is -2.43. The lowest BCUT2D eigenvalue weighted by Gasteiger charge is -2.26. The molecule has 3 rings (SSSR count). The summed E-state index contributed by atoms with van der Waals surface area (Å²) in [6.07, 6.45) is 0. The highest BCUT2D eigenvalue weighted by Crippen LogP contribution is 2.20. The summed E-state index contributed by atoms with van der Waals surface area (Å²) in [5.41, 5.74) is 1.06. The van der Waals surface area contributed by atoms with Crippen molar-refractivity contribution in [3.63, 3.8) is 0 Å². The van der Waals surface area contributed by atoms with Crippen LogP contribution in [-0.2, 0) is 24.3 Å². The number of nitrogens with zero attached hydrogens (tertiary/aromatic N) is 2. The van der Waals surface area contributed by atoms with Crippen molar-refractivity contribution in [3.8, 4) is 5.75 Å². The number of carbonyl (C=O) groups is 2. The third-order valence-electron chi connectivity index (χ3n) is 5.52. The molecule has 0 saturated carbocycles. The second-order valence-corrected chi connectivity index (χ2v) is 9.84. The topological polar surface area (TPSA) is 117 Å². The Labute approximate surface area is 199 Å². The number of morpholine rings is 1. The van der Waals surface area contributed by atoms with Gasteiger partial charge in [0, 0.05) is 30.5 Å². The van der Waals surface area contributed by atoms with Crippen LogP contribution in [0, 0.1) is 0 Å². The summed E-state index contributed by atoms with van der Waals surface area (Å²) >= 11 is 0. The van der Waals surface area contributed by atoms with Gasteiger partial charge >= 0.3 is 0 Å². The Hall–Kier alpha value is -2.99. The lowest BCUT2D eigenvalue weighted by atomic mass is 10.2. The van der Waals surface area contributed by atoms with Gasteiger partial charge in [0.25, 0.3) is 0 Å². The predicted octanol–water partition coefficient (Wildman–Crippen LogP) is 1.61. The number of hydrogen-bond acceptors (Lipinski definition) is 7. The van der Waals surface area contributed by atoms with E-state index >= 15 is 0 Å². The van der Waals surface area contributed by atoms with E-state index in [2.05, 4.69) is 10.6 Å². The number of likely N-dealkylation sites (N-methyl/N-ethyl adjacent to an activating group) is 1. The SMILES string of the molecule is COc1cccc(NC(=O)CN(C)[C@H](C)C(=O)Nc2ccc(S(=O)(=O)N3CCOCC3)cc2)c1. The first-order valence-corrected chi connectivity index (χ1v) is 12.3. The maximum Gasteiger partial charge on any atom is 0.243 e. The van der Waals surface area contributed by atoms with E-state index in [-0.39, 0.29) is 23.3 Å². The molecule has 1 aliphatic rings. The van der Waals surface area contributed by atoms with Gasteiger partial charge in [-0.2, -0.15) is 4.31 Å². The summed E-state index contributed by atoms with van der Waals surface area (Å²) in [4.78, 5) is 26.8. The van der Waals surface area contributed by atoms with Crippen LogP contribution in [0.2, 0.25) is 0 Å². The van der Waals surface area contributed by atoms with E-state index in [1.807, 2.05) is 0 Å². The first-order chi connectivity index (χ1) is 16.2. The number of rotatable bonds is 9. The van der Waals surface area contributed by atoms with Gasteiger partial charge in [-0.15, -0.1) is 0 Å². The predicted molar refractivity (Wildman–Crippen MR) is 128 cm³/mol. The van der Waals surface area contributed by atoms with E-state index < -0.39 is 16.1 Å². The van der Waals surface area contributed by atoms with Gasteiger partial charge in [0.05, 0.1) is 37.8 Å². The highest BCUT2D eigenvalue weighted by atomic mass is 32.2. The molecule has 1 aliphatic heterocycles. The molecule has 1 fully saturated rings. The minimum atomic E-state index is -3.60. The van der Waals surface area contributed by atoms with Crippen LogP contribution in [0.15, 0.2) is 53.4 Å². The monoisotopic (exact) mass is 490 g/mol. The van der Waals surface area contributed by atoms with Crippen molar-refractivity contribution >= 4 is 33.2 Å². The number of amides is 2. The van der Waals surface area contributed by atoms with Gasteiger partial charge in [0.1, 0.15) is 5.75 Å². The summed E-state index contributed by atoms with van der Waals surface area (Å²) in [6, 6.07) is 12.4. The highest BCUT2D eigenvalue weighted by Gasteiger charge is 2.26. The highest BCUT2D eigenvalue weighted by molar-refractivity contribution is 7.89. The van der Waals surface area contributed by atoms with Crippen LogP contribution < -0.4 is 15.4 Å². The molecule has 1 saturated heterocycles. The van der Waals surface area contributed by atoms with E-state index in [1.165, 1.54) is 16.4 Å². The fourth-order valence-corrected chi connectivity index (χ4v) is 4.77. The first-order valence-electron chi connectivity index (χ1n) is 10.8. The number of anilines is 2. The van der Waals surface area contributed by atoms with Crippen molar-refractivity contribution in [1.82, 2.24) is 9.21 Å². The molecule has 2 aromatic carbocycles. The van der Waals surface area contributed by atoms with Gasteiger partial charge < -0.3 is 20.1 Å². The number of benzene rings is 2. The van der Waals surface area contributed by atoms with Gasteiger partial charge in [-0.1, -0.05) is 6.07 Å². The van der Waals surface area contributed by atoms with Gasteiger partial charge in [0.2, 0.25) is 21.8 Å². The molecule has 0 aromatic heterocycles. The summed E-state index contributed by atoms with van der Waals surface area (Å²) < 4.78 is 37.2. The zero-order chi connectivity index (χ0) is 24.7. The average Bonchev–Trinajstić information content (AvgIpc) is 2.84. The fraction of sp³-hybridized carbons (Fsp3) is 0.391. The smallest absolute Gasteiger partial charge is 0.243 e. The molecule has 1 atom stereocenters. The summed E-state index contributed by atoms with van der Waals surface area (Å²) in [5.74, 6) is 0.0382. The molecule has 0 spiro atoms. The number of sulfonamides is 1. The molecule has 2 amide bonds. The molecule has 34 heavy (non-hydrogen) atoms. The van der Waals surface area contributed by atoms with Gasteiger partial charge in [-0.3, -0.25) is 14.5 Å². The third-order valence-corrected chi connectivity index (χ3v) is 7.43. The Morgan fingerprint density at radius 1 is 1.09 bits per heavy atom. The van der Waals surface area contributed by atoms with E-state index in [1.54, 1.807) is 62.4 Å². The largest absolute Gasteiger partial charge is 0.497 e. The number of methoxy groups -OCH3 is 1. The molecule has 0 unspecified atom stereocenters. The van der Waals surface area contributed by atoms with Crippen LogP contribution in [0.3, 0.4) is 0 Å². The molecule has 10 nitrogen and oxygen atoms in total. The normalized spacial score (nSPS) is 15.5. The van der Waals surface area contributed by atoms with Gasteiger partial charge in [0.15, 0.2) is 0 Å². The molecule has 11 heteroatoms. The Kier molecular flexibility index (Phi) is 8.61. The van der Waals surface area contributed by atoms with Crippen molar-refractivity contribution in [3.05, 3.63) is 48.5 Å². The minimum Gasteiger partial charge on any atom is -0.497 e. The zero-order valence-electron chi connectivity index (χ0n) is 19.5. The Balaban J connectivity index is 1.54. The van der Waals surface area contributed by atoms with E-state index in [4.69, 9.17) is 9.47 Å². The van der Waals surface area contributed by atoms with Crippen LogP contribution in [0.5, 0.6) is 5.75 Å². The van der Waals surface area contributed by atoms with Crippen LogP contribution in [0.25, 0.3) is 0 Å². The molecular formula is C23H30N4O6S. The van der Waals surface area contributed by atoms with E-state index in [0.29, 0.717) is 43.4 Å². The molecule has 0 aliphatic carbocycles. The standard InChI is InChI=1S/C23H30N4O6S/c1-17(26(2)16-22(28)24-19-5-4-6-20(15-19)32-3)23(29)25-18-7-9-21(10-8-18)34(30,31)27-11-13-33-14-12-27/h4-10,15,17H,11-14,16H2,1-3H3,(H,24,28)(H,25,29)/t17-/m1/s1. The minimum absolute atomic E-state index is 0.00251. The summed E-state index contributed by atoms with van der Waals surface area (Å²) in [6.45, 7) is 3.06. The van der Waals surface area contributed by atoms with Crippen molar-refractivity contribution in [2.75, 3.05) is 57.6 Å². The molecule has 2 N–H and O–H groups in total. The van der Waals surface area contributed by atoms with Crippen LogP contribution in [0.4, 0.5) is 11.4 Å². The molecule has 0 bridgehead atoms. The molecular weight excluding hydrogens is 460 g/mol. The average molecular weight is 491 g/mol. The fourth-order valence-electron chi connectivity index (χ4n) is 3.36. The van der Waals surface area contributed by atoms with Crippen molar-refractivity contribution in [2.24, 2.45) is 0 Å². The molecule has 184 valence electrons. The first kappa shape index (κ1) is 25.6. The molecule has 1 heterocycles. The zero-order valence-corrected chi connectivity index (χ0v) is 20.3. The van der Waals surface area contributed by atoms with Crippen LogP contribution in [-0.4, -0.2) is 82.5 Å². The lowest BCUT2D eigenvalue weighted by molar-refractivity contribution is -0.122. The van der Waals surface area contributed by atoms with Crippen molar-refractivity contribution in [1.29, 1.82) is 0 Å². The third kappa shape index (κ3) is 6.54. The van der Waals surface area contributed by atoms with Crippen molar-refractivity contribution in [2.45, 2.75) is 17.9 Å². The number of nitrogens with one attached hydrogen (secondary N) is 2. The summed E-state index contributed by atoms with van der Waals surface area (Å²) in [5, 5.41) is 5.54. The Bertz CT molecular complexity index is 1100. The van der Waals surface area contributed by atoms with Crippen molar-refractivity contribution < 1.29 is 27.5 Å². The maximum atomic E-state index is 12.7. The van der Waals surface area contributed by atoms with Gasteiger partial charge in [-0.05, 0) is 50.4 Å². The van der Waals surface area contributed by atoms with E-state index in [0.717, 1.165) is 0 Å². The molecule has 2 aromatic rings. The second kappa shape index (κ2) is 11.4. The number of carbonyl (C=O) groups excluding carboxylic acids is 2. The van der Waals surface area contributed by atoms with E-state index in [9.17, 15) is 18.0 Å². The van der Waals surface area contributed by atoms with Gasteiger partial charge in [-0.25, -0.2) is 8.42 Å². The van der Waals surface area contributed by atoms with Crippen LogP contribution >= 0.6 is 0 Å². The number of ether oxygens (including phenoxy) is 2. The quantitative estimate of drug-likeness (QED) is 0.548. The molecule has 0 radical (unpaired) electrons. The maximum absolute atomic E-state index is 12.7. The second-order valence-electron chi connectivity index (χ2n) is 7.90. The van der Waals surface area contributed by atoms with Crippen LogP contribution in [0.1, 0.15) is 6.92 Å². The number of hydrogen-bond donors (Lipinski definition) is 2. The Morgan fingerprint density at radius 3 is 2.41 bits per heavy atom. The Morgan fingerprint density at radius 2 is 1.76 bits per heavy atom. The summed E-state index contributed by atoms with van der Waals surface area (Å²) in [7, 11) is -0.380.